The highest BCUT2D eigenvalue weighted by atomic mass is 79.9. The molecule has 0 aliphatic heterocycles. The summed E-state index contributed by atoms with van der Waals surface area (Å²) in [5, 5.41) is 6.24. The van der Waals surface area contributed by atoms with Crippen LogP contribution in [-0.4, -0.2) is 16.5 Å². The molecule has 0 fully saturated rings. The first-order valence-corrected chi connectivity index (χ1v) is 7.79. The molecular formula is C16H13BrClN3. The van der Waals surface area contributed by atoms with E-state index in [1.807, 2.05) is 0 Å². The smallest absolute Gasteiger partial charge is 0.134 e. The zero-order valence-corrected chi connectivity index (χ0v) is 13.5. The van der Waals surface area contributed by atoms with Crippen molar-refractivity contribution in [1.82, 2.24) is 9.97 Å². The van der Waals surface area contributed by atoms with Gasteiger partial charge in [-0.15, -0.1) is 0 Å². The fraction of sp³-hybridized carbons (Fsp3) is 0.125. The average Bonchev–Trinajstić information content (AvgIpc) is 2.50. The monoisotopic (exact) mass is 361 g/mol. The van der Waals surface area contributed by atoms with Gasteiger partial charge in [-0.1, -0.05) is 57.9 Å². The van der Waals surface area contributed by atoms with E-state index in [4.69, 9.17) is 11.6 Å². The lowest BCUT2D eigenvalue weighted by Gasteiger charge is -2.10. The van der Waals surface area contributed by atoms with E-state index in [0.29, 0.717) is 5.15 Å². The summed E-state index contributed by atoms with van der Waals surface area (Å²) in [6.45, 7) is 0.778. The van der Waals surface area contributed by atoms with Crippen LogP contribution in [0.15, 0.2) is 53.3 Å². The van der Waals surface area contributed by atoms with Crippen LogP contribution >= 0.6 is 27.5 Å². The van der Waals surface area contributed by atoms with Crippen molar-refractivity contribution in [2.24, 2.45) is 0 Å². The number of benzene rings is 2. The number of aromatic nitrogens is 2. The minimum atomic E-state index is 0.443. The maximum atomic E-state index is 5.85. The molecule has 0 saturated heterocycles. The van der Waals surface area contributed by atoms with Gasteiger partial charge in [-0.25, -0.2) is 9.97 Å². The van der Waals surface area contributed by atoms with Gasteiger partial charge in [-0.05, 0) is 28.8 Å². The van der Waals surface area contributed by atoms with Crippen LogP contribution in [0.1, 0.15) is 5.56 Å². The highest BCUT2D eigenvalue weighted by molar-refractivity contribution is 9.10. The fourth-order valence-electron chi connectivity index (χ4n) is 2.31. The molecule has 1 aromatic heterocycles. The second-order valence-corrected chi connectivity index (χ2v) is 5.89. The molecule has 5 heteroatoms. The van der Waals surface area contributed by atoms with Crippen LogP contribution in [0.4, 0.5) is 5.82 Å². The molecule has 2 aromatic carbocycles. The topological polar surface area (TPSA) is 37.8 Å². The number of hydrogen-bond donors (Lipinski definition) is 1. The molecule has 0 amide bonds. The lowest BCUT2D eigenvalue weighted by Crippen LogP contribution is -2.07. The van der Waals surface area contributed by atoms with Crippen LogP contribution in [0, 0.1) is 0 Å². The molecule has 0 bridgehead atoms. The van der Waals surface area contributed by atoms with Gasteiger partial charge >= 0.3 is 0 Å². The molecular weight excluding hydrogens is 350 g/mol. The van der Waals surface area contributed by atoms with Crippen molar-refractivity contribution in [1.29, 1.82) is 0 Å². The molecule has 21 heavy (non-hydrogen) atoms. The molecule has 0 spiro atoms. The second-order valence-electron chi connectivity index (χ2n) is 4.65. The van der Waals surface area contributed by atoms with E-state index in [1.54, 1.807) is 6.07 Å². The molecule has 0 atom stereocenters. The van der Waals surface area contributed by atoms with E-state index < -0.39 is 0 Å². The SMILES string of the molecule is Clc1cc(NCCc2c(Br)ccc3ccccc23)ncn1. The Labute approximate surface area is 136 Å². The van der Waals surface area contributed by atoms with Crippen LogP contribution in [0.5, 0.6) is 0 Å². The minimum Gasteiger partial charge on any atom is -0.370 e. The summed E-state index contributed by atoms with van der Waals surface area (Å²) in [5.74, 6) is 0.742. The number of nitrogens with one attached hydrogen (secondary N) is 1. The van der Waals surface area contributed by atoms with Gasteiger partial charge in [0.2, 0.25) is 0 Å². The highest BCUT2D eigenvalue weighted by Gasteiger charge is 2.05. The molecule has 0 saturated carbocycles. The Morgan fingerprint density at radius 2 is 1.95 bits per heavy atom. The van der Waals surface area contributed by atoms with E-state index in [9.17, 15) is 0 Å². The van der Waals surface area contributed by atoms with Crippen LogP contribution in [-0.2, 0) is 6.42 Å². The van der Waals surface area contributed by atoms with Crippen molar-refractivity contribution in [3.05, 3.63) is 64.0 Å². The van der Waals surface area contributed by atoms with Crippen molar-refractivity contribution in [2.75, 3.05) is 11.9 Å². The van der Waals surface area contributed by atoms with Crippen LogP contribution < -0.4 is 5.32 Å². The molecule has 3 rings (SSSR count). The number of nitrogens with zero attached hydrogens (tertiary/aromatic N) is 2. The summed E-state index contributed by atoms with van der Waals surface area (Å²) in [4.78, 5) is 8.01. The summed E-state index contributed by atoms with van der Waals surface area (Å²) in [7, 11) is 0. The number of halogens is 2. The fourth-order valence-corrected chi connectivity index (χ4v) is 3.00. The summed E-state index contributed by atoms with van der Waals surface area (Å²) < 4.78 is 1.13. The van der Waals surface area contributed by atoms with Crippen molar-refractivity contribution in [3.8, 4) is 0 Å². The molecule has 3 nitrogen and oxygen atoms in total. The normalized spacial score (nSPS) is 10.8. The van der Waals surface area contributed by atoms with Gasteiger partial charge in [0.15, 0.2) is 0 Å². The number of anilines is 1. The molecule has 106 valence electrons. The van der Waals surface area contributed by atoms with Crippen LogP contribution in [0.2, 0.25) is 5.15 Å². The third-order valence-electron chi connectivity index (χ3n) is 3.30. The van der Waals surface area contributed by atoms with Gasteiger partial charge in [-0.3, -0.25) is 0 Å². The van der Waals surface area contributed by atoms with Crippen molar-refractivity contribution in [3.63, 3.8) is 0 Å². The maximum absolute atomic E-state index is 5.85. The van der Waals surface area contributed by atoms with E-state index >= 15 is 0 Å². The minimum absolute atomic E-state index is 0.443. The molecule has 1 heterocycles. The summed E-state index contributed by atoms with van der Waals surface area (Å²) in [5.41, 5.74) is 1.29. The Balaban J connectivity index is 1.77. The summed E-state index contributed by atoms with van der Waals surface area (Å²) >= 11 is 9.49. The predicted octanol–water partition coefficient (Wildman–Crippen LogP) is 4.70. The maximum Gasteiger partial charge on any atom is 0.134 e. The van der Waals surface area contributed by atoms with E-state index in [-0.39, 0.29) is 0 Å². The molecule has 0 radical (unpaired) electrons. The Kier molecular flexibility index (Phi) is 4.36. The largest absolute Gasteiger partial charge is 0.370 e. The summed E-state index contributed by atoms with van der Waals surface area (Å²) in [6, 6.07) is 14.3. The first kappa shape index (κ1) is 14.3. The van der Waals surface area contributed by atoms with Gasteiger partial charge < -0.3 is 5.32 Å². The first-order valence-electron chi connectivity index (χ1n) is 6.61. The lowest BCUT2D eigenvalue weighted by molar-refractivity contribution is 1.00. The van der Waals surface area contributed by atoms with E-state index in [1.165, 1.54) is 22.7 Å². The third kappa shape index (κ3) is 3.34. The van der Waals surface area contributed by atoms with Gasteiger partial charge in [0.05, 0.1) is 0 Å². The Morgan fingerprint density at radius 1 is 1.10 bits per heavy atom. The Hall–Kier alpha value is -1.65. The van der Waals surface area contributed by atoms with E-state index in [2.05, 4.69) is 67.6 Å². The third-order valence-corrected chi connectivity index (χ3v) is 4.25. The van der Waals surface area contributed by atoms with Crippen LogP contribution in [0.25, 0.3) is 10.8 Å². The van der Waals surface area contributed by atoms with Gasteiger partial charge in [0.25, 0.3) is 0 Å². The quantitative estimate of drug-likeness (QED) is 0.684. The van der Waals surface area contributed by atoms with Crippen molar-refractivity contribution >= 4 is 44.1 Å². The van der Waals surface area contributed by atoms with Crippen molar-refractivity contribution < 1.29 is 0 Å². The first-order chi connectivity index (χ1) is 10.2. The average molecular weight is 363 g/mol. The molecule has 1 N–H and O–H groups in total. The van der Waals surface area contributed by atoms with Gasteiger partial charge in [0, 0.05) is 17.1 Å². The number of fused-ring (bicyclic) bond motifs is 1. The second kappa shape index (κ2) is 6.41. The number of hydrogen-bond acceptors (Lipinski definition) is 3. The summed E-state index contributed by atoms with van der Waals surface area (Å²) in [6.07, 6.45) is 2.35. The standard InChI is InChI=1S/C16H13BrClN3/c17-14-6-5-11-3-1-2-4-12(11)13(14)7-8-19-16-9-15(18)20-10-21-16/h1-6,9-10H,7-8H2,(H,19,20,21). The lowest BCUT2D eigenvalue weighted by atomic mass is 10.0. The molecule has 0 aliphatic rings. The van der Waals surface area contributed by atoms with Crippen molar-refractivity contribution in [2.45, 2.75) is 6.42 Å². The zero-order valence-electron chi connectivity index (χ0n) is 11.2. The molecule has 3 aromatic rings. The Bertz CT molecular complexity index is 776. The molecule has 0 unspecified atom stereocenters. The van der Waals surface area contributed by atoms with Gasteiger partial charge in [0.1, 0.15) is 17.3 Å². The Morgan fingerprint density at radius 3 is 2.81 bits per heavy atom. The number of rotatable bonds is 4. The highest BCUT2D eigenvalue weighted by Crippen LogP contribution is 2.27. The predicted molar refractivity (Wildman–Crippen MR) is 90.9 cm³/mol. The zero-order chi connectivity index (χ0) is 14.7. The van der Waals surface area contributed by atoms with Gasteiger partial charge in [-0.2, -0.15) is 0 Å². The van der Waals surface area contributed by atoms with E-state index in [0.717, 1.165) is 23.3 Å². The van der Waals surface area contributed by atoms with Crippen LogP contribution in [0.3, 0.4) is 0 Å². The molecule has 0 aliphatic carbocycles.